The van der Waals surface area contributed by atoms with E-state index in [1.165, 1.54) is 5.52 Å². The van der Waals surface area contributed by atoms with Gasteiger partial charge in [0.05, 0.1) is 11.0 Å². The molecule has 1 aromatic heterocycles. The van der Waals surface area contributed by atoms with Crippen molar-refractivity contribution in [3.05, 3.63) is 48.0 Å². The first-order chi connectivity index (χ1) is 10.6. The van der Waals surface area contributed by atoms with Crippen LogP contribution in [0.4, 0.5) is 5.69 Å². The van der Waals surface area contributed by atoms with Crippen molar-refractivity contribution in [2.24, 2.45) is 5.92 Å². The standard InChI is InChI=1S/C19H23N3/c1-13(2)10-11-22-18-7-5-4-6-17(18)21-19(22)15-9-8-14(3)16(20)12-15/h4-9,12-13H,10-11,20H2,1-3H3. The van der Waals surface area contributed by atoms with E-state index in [0.717, 1.165) is 41.1 Å². The molecule has 3 nitrogen and oxygen atoms in total. The molecule has 0 spiro atoms. The summed E-state index contributed by atoms with van der Waals surface area (Å²) in [6, 6.07) is 14.5. The van der Waals surface area contributed by atoms with Gasteiger partial charge in [-0.15, -0.1) is 0 Å². The minimum absolute atomic E-state index is 0.664. The number of hydrogen-bond acceptors (Lipinski definition) is 2. The lowest BCUT2D eigenvalue weighted by Crippen LogP contribution is -2.04. The predicted octanol–water partition coefficient (Wildman–Crippen LogP) is 4.64. The molecule has 0 amide bonds. The number of benzene rings is 2. The van der Waals surface area contributed by atoms with E-state index in [1.54, 1.807) is 0 Å². The lowest BCUT2D eigenvalue weighted by molar-refractivity contribution is 0.525. The fourth-order valence-electron chi connectivity index (χ4n) is 2.69. The maximum absolute atomic E-state index is 6.09. The van der Waals surface area contributed by atoms with Crippen LogP contribution >= 0.6 is 0 Å². The molecule has 3 aromatic rings. The third-order valence-electron chi connectivity index (χ3n) is 4.12. The maximum Gasteiger partial charge on any atom is 0.141 e. The number of rotatable bonds is 4. The van der Waals surface area contributed by atoms with E-state index in [9.17, 15) is 0 Å². The first kappa shape index (κ1) is 14.6. The molecule has 0 saturated carbocycles. The number of hydrogen-bond donors (Lipinski definition) is 1. The molecule has 2 N–H and O–H groups in total. The molecule has 0 saturated heterocycles. The quantitative estimate of drug-likeness (QED) is 0.712. The van der Waals surface area contributed by atoms with Gasteiger partial charge in [0.2, 0.25) is 0 Å². The molecule has 0 fully saturated rings. The zero-order valence-corrected chi connectivity index (χ0v) is 13.5. The third kappa shape index (κ3) is 2.71. The number of aromatic nitrogens is 2. The van der Waals surface area contributed by atoms with Crippen molar-refractivity contribution in [2.45, 2.75) is 33.7 Å². The zero-order chi connectivity index (χ0) is 15.7. The van der Waals surface area contributed by atoms with Crippen LogP contribution in [0, 0.1) is 12.8 Å². The second-order valence-corrected chi connectivity index (χ2v) is 6.33. The van der Waals surface area contributed by atoms with Gasteiger partial charge in [-0.25, -0.2) is 4.98 Å². The summed E-state index contributed by atoms with van der Waals surface area (Å²) in [6.07, 6.45) is 1.13. The Labute approximate surface area is 131 Å². The highest BCUT2D eigenvalue weighted by Crippen LogP contribution is 2.28. The highest BCUT2D eigenvalue weighted by atomic mass is 15.1. The summed E-state index contributed by atoms with van der Waals surface area (Å²) in [4.78, 5) is 4.84. The Bertz CT molecular complexity index is 800. The average molecular weight is 293 g/mol. The second kappa shape index (κ2) is 5.84. The Morgan fingerprint density at radius 1 is 1.14 bits per heavy atom. The summed E-state index contributed by atoms with van der Waals surface area (Å²) in [5.41, 5.74) is 11.3. The van der Waals surface area contributed by atoms with Gasteiger partial charge in [0, 0.05) is 17.8 Å². The molecular formula is C19H23N3. The predicted molar refractivity (Wildman–Crippen MR) is 93.8 cm³/mol. The van der Waals surface area contributed by atoms with Gasteiger partial charge in [0.25, 0.3) is 0 Å². The van der Waals surface area contributed by atoms with Gasteiger partial charge < -0.3 is 10.3 Å². The number of fused-ring (bicyclic) bond motifs is 1. The van der Waals surface area contributed by atoms with E-state index >= 15 is 0 Å². The van der Waals surface area contributed by atoms with Gasteiger partial charge in [0.15, 0.2) is 0 Å². The monoisotopic (exact) mass is 293 g/mol. The van der Waals surface area contributed by atoms with Gasteiger partial charge in [-0.2, -0.15) is 0 Å². The average Bonchev–Trinajstić information content (AvgIpc) is 2.86. The molecule has 0 aliphatic rings. The van der Waals surface area contributed by atoms with E-state index in [-0.39, 0.29) is 0 Å². The molecule has 0 aliphatic carbocycles. The van der Waals surface area contributed by atoms with Crippen LogP contribution in [-0.4, -0.2) is 9.55 Å². The van der Waals surface area contributed by atoms with Crippen LogP contribution in [0.5, 0.6) is 0 Å². The Hall–Kier alpha value is -2.29. The largest absolute Gasteiger partial charge is 0.398 e. The van der Waals surface area contributed by atoms with Gasteiger partial charge in [-0.3, -0.25) is 0 Å². The van der Waals surface area contributed by atoms with Crippen molar-refractivity contribution in [1.29, 1.82) is 0 Å². The van der Waals surface area contributed by atoms with Gasteiger partial charge >= 0.3 is 0 Å². The number of para-hydroxylation sites is 2. The smallest absolute Gasteiger partial charge is 0.141 e. The molecule has 3 heteroatoms. The number of anilines is 1. The number of aryl methyl sites for hydroxylation is 2. The van der Waals surface area contributed by atoms with Crippen molar-refractivity contribution in [2.75, 3.05) is 5.73 Å². The Morgan fingerprint density at radius 2 is 1.91 bits per heavy atom. The molecule has 0 atom stereocenters. The van der Waals surface area contributed by atoms with Crippen LogP contribution < -0.4 is 5.73 Å². The molecule has 22 heavy (non-hydrogen) atoms. The first-order valence-corrected chi connectivity index (χ1v) is 7.88. The fourth-order valence-corrected chi connectivity index (χ4v) is 2.69. The number of nitrogens with zero attached hydrogens (tertiary/aromatic N) is 2. The molecule has 114 valence electrons. The molecule has 0 bridgehead atoms. The van der Waals surface area contributed by atoms with Crippen molar-refractivity contribution in [3.63, 3.8) is 0 Å². The highest BCUT2D eigenvalue weighted by molar-refractivity contribution is 5.81. The summed E-state index contributed by atoms with van der Waals surface area (Å²) in [5.74, 6) is 1.67. The summed E-state index contributed by atoms with van der Waals surface area (Å²) in [6.45, 7) is 7.51. The van der Waals surface area contributed by atoms with E-state index in [2.05, 4.69) is 48.7 Å². The van der Waals surface area contributed by atoms with Gasteiger partial charge in [0.1, 0.15) is 5.82 Å². The Kier molecular flexibility index (Phi) is 3.88. The molecule has 1 heterocycles. The molecule has 2 aromatic carbocycles. The topological polar surface area (TPSA) is 43.8 Å². The van der Waals surface area contributed by atoms with E-state index in [0.29, 0.717) is 5.92 Å². The van der Waals surface area contributed by atoms with E-state index in [4.69, 9.17) is 10.7 Å². The third-order valence-corrected chi connectivity index (χ3v) is 4.12. The Morgan fingerprint density at radius 3 is 2.64 bits per heavy atom. The number of nitrogen functional groups attached to an aromatic ring is 1. The van der Waals surface area contributed by atoms with Crippen molar-refractivity contribution in [3.8, 4) is 11.4 Å². The fraction of sp³-hybridized carbons (Fsp3) is 0.316. The SMILES string of the molecule is Cc1ccc(-c2nc3ccccc3n2CCC(C)C)cc1N. The lowest BCUT2D eigenvalue weighted by atomic mass is 10.1. The van der Waals surface area contributed by atoms with E-state index in [1.807, 2.05) is 19.1 Å². The summed E-state index contributed by atoms with van der Waals surface area (Å²) in [7, 11) is 0. The minimum Gasteiger partial charge on any atom is -0.398 e. The number of imidazole rings is 1. The maximum atomic E-state index is 6.09. The van der Waals surface area contributed by atoms with Crippen molar-refractivity contribution in [1.82, 2.24) is 9.55 Å². The normalized spacial score (nSPS) is 11.5. The summed E-state index contributed by atoms with van der Waals surface area (Å²) >= 11 is 0. The highest BCUT2D eigenvalue weighted by Gasteiger charge is 2.13. The van der Waals surface area contributed by atoms with Crippen LogP contribution in [0.15, 0.2) is 42.5 Å². The Balaban J connectivity index is 2.14. The molecule has 0 radical (unpaired) electrons. The van der Waals surface area contributed by atoms with Crippen LogP contribution in [0.3, 0.4) is 0 Å². The molecule has 3 rings (SSSR count). The summed E-state index contributed by atoms with van der Waals surface area (Å²) in [5, 5.41) is 0. The molecular weight excluding hydrogens is 270 g/mol. The molecule has 0 unspecified atom stereocenters. The summed E-state index contributed by atoms with van der Waals surface area (Å²) < 4.78 is 2.32. The van der Waals surface area contributed by atoms with Gasteiger partial charge in [-0.05, 0) is 43.0 Å². The zero-order valence-electron chi connectivity index (χ0n) is 13.5. The van der Waals surface area contributed by atoms with Crippen LogP contribution in [0.25, 0.3) is 22.4 Å². The van der Waals surface area contributed by atoms with Crippen LogP contribution in [0.2, 0.25) is 0 Å². The minimum atomic E-state index is 0.664. The van der Waals surface area contributed by atoms with Crippen molar-refractivity contribution >= 4 is 16.7 Å². The number of nitrogens with two attached hydrogens (primary N) is 1. The van der Waals surface area contributed by atoms with Crippen molar-refractivity contribution < 1.29 is 0 Å². The first-order valence-electron chi connectivity index (χ1n) is 7.88. The van der Waals surface area contributed by atoms with Gasteiger partial charge in [-0.1, -0.05) is 38.1 Å². The lowest BCUT2D eigenvalue weighted by Gasteiger charge is -2.12. The van der Waals surface area contributed by atoms with Crippen LogP contribution in [0.1, 0.15) is 25.8 Å². The van der Waals surface area contributed by atoms with E-state index < -0.39 is 0 Å². The second-order valence-electron chi connectivity index (χ2n) is 6.33. The molecule has 0 aliphatic heterocycles. The van der Waals surface area contributed by atoms with Crippen LogP contribution in [-0.2, 0) is 6.54 Å².